The van der Waals surface area contributed by atoms with E-state index in [1.54, 1.807) is 6.20 Å². The number of nitrogens with zero attached hydrogens (tertiary/aromatic N) is 1. The van der Waals surface area contributed by atoms with Gasteiger partial charge in [-0.25, -0.2) is 4.39 Å². The predicted molar refractivity (Wildman–Crippen MR) is 83.9 cm³/mol. The minimum absolute atomic E-state index is 0.0682. The van der Waals surface area contributed by atoms with Gasteiger partial charge < -0.3 is 10.4 Å². The average Bonchev–Trinajstić information content (AvgIpc) is 2.53. The molecule has 0 saturated heterocycles. The summed E-state index contributed by atoms with van der Waals surface area (Å²) in [5.74, 6) is -0.340. The van der Waals surface area contributed by atoms with Gasteiger partial charge in [0.05, 0.1) is 6.20 Å². The summed E-state index contributed by atoms with van der Waals surface area (Å²) < 4.78 is 13.3. The molecule has 0 radical (unpaired) electrons. The molecule has 0 fully saturated rings. The second kappa shape index (κ2) is 6.15. The van der Waals surface area contributed by atoms with E-state index in [9.17, 15) is 9.50 Å². The lowest BCUT2D eigenvalue weighted by atomic mass is 9.79. The summed E-state index contributed by atoms with van der Waals surface area (Å²) in [4.78, 5) is 3.88. The van der Waals surface area contributed by atoms with E-state index in [-0.39, 0.29) is 11.9 Å². The first kappa shape index (κ1) is 15.1. The fourth-order valence-corrected chi connectivity index (χ4v) is 3.19. The number of halogens is 1. The molecule has 2 N–H and O–H groups in total. The lowest BCUT2D eigenvalue weighted by Gasteiger charge is -2.35. The third kappa shape index (κ3) is 3.03. The van der Waals surface area contributed by atoms with E-state index in [0.29, 0.717) is 6.54 Å². The lowest BCUT2D eigenvalue weighted by molar-refractivity contribution is 0.0170. The summed E-state index contributed by atoms with van der Waals surface area (Å²) in [5, 5.41) is 14.3. The molecule has 1 heterocycles. The maximum atomic E-state index is 13.3. The molecule has 0 unspecified atom stereocenters. The summed E-state index contributed by atoms with van der Waals surface area (Å²) in [6.07, 6.45) is 5.58. The second-order valence-electron chi connectivity index (χ2n) is 6.08. The summed E-state index contributed by atoms with van der Waals surface area (Å²) in [5.41, 5.74) is 2.16. The highest BCUT2D eigenvalue weighted by Gasteiger charge is 2.34. The zero-order valence-corrected chi connectivity index (χ0v) is 12.7. The summed E-state index contributed by atoms with van der Waals surface area (Å²) in [6.45, 7) is 2.40. The minimum Gasteiger partial charge on any atom is -0.384 e. The van der Waals surface area contributed by atoms with Crippen LogP contribution in [0.4, 0.5) is 4.39 Å². The minimum atomic E-state index is -0.857. The van der Waals surface area contributed by atoms with E-state index >= 15 is 0 Å². The van der Waals surface area contributed by atoms with Gasteiger partial charge in [-0.3, -0.25) is 4.98 Å². The van der Waals surface area contributed by atoms with Crippen molar-refractivity contribution in [1.82, 2.24) is 10.3 Å². The first-order valence-corrected chi connectivity index (χ1v) is 7.73. The Morgan fingerprint density at radius 3 is 3.00 bits per heavy atom. The van der Waals surface area contributed by atoms with Crippen LogP contribution >= 0.6 is 0 Å². The van der Waals surface area contributed by atoms with Crippen LogP contribution in [0.15, 0.2) is 42.7 Å². The quantitative estimate of drug-likeness (QED) is 0.912. The predicted octanol–water partition coefficient (Wildman–Crippen LogP) is 3.10. The molecule has 2 aromatic rings. The number of nitrogens with one attached hydrogen (secondary N) is 1. The Kier molecular flexibility index (Phi) is 4.23. The van der Waals surface area contributed by atoms with Crippen molar-refractivity contribution in [2.75, 3.05) is 6.54 Å². The van der Waals surface area contributed by atoms with Crippen LogP contribution in [0.5, 0.6) is 0 Å². The van der Waals surface area contributed by atoms with E-state index in [2.05, 4.69) is 16.4 Å². The maximum Gasteiger partial charge on any atom is 0.141 e. The van der Waals surface area contributed by atoms with E-state index in [1.807, 2.05) is 25.1 Å². The molecular weight excluding hydrogens is 279 g/mol. The Morgan fingerprint density at radius 1 is 1.36 bits per heavy atom. The Labute approximate surface area is 130 Å². The monoisotopic (exact) mass is 300 g/mol. The first-order chi connectivity index (χ1) is 10.6. The van der Waals surface area contributed by atoms with Gasteiger partial charge in [0, 0.05) is 18.8 Å². The Morgan fingerprint density at radius 2 is 2.18 bits per heavy atom. The van der Waals surface area contributed by atoms with Crippen molar-refractivity contribution in [1.29, 1.82) is 0 Å². The highest BCUT2D eigenvalue weighted by Crippen LogP contribution is 2.35. The molecule has 1 aromatic heterocycles. The molecule has 0 amide bonds. The van der Waals surface area contributed by atoms with Gasteiger partial charge in [0.2, 0.25) is 0 Å². The summed E-state index contributed by atoms with van der Waals surface area (Å²) in [6, 6.07) is 9.48. The van der Waals surface area contributed by atoms with Crippen molar-refractivity contribution < 1.29 is 9.50 Å². The van der Waals surface area contributed by atoms with Crippen LogP contribution in [0, 0.1) is 5.82 Å². The van der Waals surface area contributed by atoms with Crippen molar-refractivity contribution in [3.63, 3.8) is 0 Å². The Hall–Kier alpha value is -1.78. The number of pyridine rings is 1. The number of aryl methyl sites for hydroxylation is 1. The van der Waals surface area contributed by atoms with Crippen LogP contribution in [0.1, 0.15) is 42.5 Å². The van der Waals surface area contributed by atoms with Gasteiger partial charge in [-0.15, -0.1) is 0 Å². The number of benzene rings is 1. The maximum absolute atomic E-state index is 13.3. The van der Waals surface area contributed by atoms with Gasteiger partial charge in [-0.2, -0.15) is 0 Å². The topological polar surface area (TPSA) is 45.1 Å². The van der Waals surface area contributed by atoms with Gasteiger partial charge in [0.1, 0.15) is 11.4 Å². The highest BCUT2D eigenvalue weighted by molar-refractivity contribution is 5.35. The van der Waals surface area contributed by atoms with E-state index in [4.69, 9.17) is 0 Å². The zero-order valence-electron chi connectivity index (χ0n) is 12.7. The third-order valence-electron chi connectivity index (χ3n) is 4.48. The van der Waals surface area contributed by atoms with Crippen LogP contribution in [0.3, 0.4) is 0 Å². The number of hydrogen-bond acceptors (Lipinski definition) is 3. The van der Waals surface area contributed by atoms with Crippen LogP contribution in [-0.2, 0) is 12.0 Å². The molecule has 4 heteroatoms. The molecule has 1 aromatic carbocycles. The van der Waals surface area contributed by atoms with Crippen molar-refractivity contribution in [3.8, 4) is 0 Å². The van der Waals surface area contributed by atoms with Crippen LogP contribution in [0.25, 0.3) is 0 Å². The van der Waals surface area contributed by atoms with Crippen LogP contribution in [0.2, 0.25) is 0 Å². The van der Waals surface area contributed by atoms with Crippen LogP contribution in [-0.4, -0.2) is 16.6 Å². The van der Waals surface area contributed by atoms with Gasteiger partial charge in [-0.1, -0.05) is 24.3 Å². The van der Waals surface area contributed by atoms with E-state index in [0.717, 1.165) is 30.4 Å². The second-order valence-corrected chi connectivity index (χ2v) is 6.08. The van der Waals surface area contributed by atoms with Crippen LogP contribution < -0.4 is 5.32 Å². The molecule has 0 bridgehead atoms. The molecule has 2 atom stereocenters. The fourth-order valence-electron chi connectivity index (χ4n) is 3.19. The number of aliphatic hydroxyl groups is 1. The summed E-state index contributed by atoms with van der Waals surface area (Å²) >= 11 is 0. The van der Waals surface area contributed by atoms with Gasteiger partial charge in [0.25, 0.3) is 0 Å². The zero-order chi connectivity index (χ0) is 15.6. The van der Waals surface area contributed by atoms with Crippen molar-refractivity contribution >= 4 is 0 Å². The standard InChI is InChI=1S/C18H21FN2O/c1-13(15-9-16(19)11-20-10-15)21-12-18(22)8-4-6-14-5-2-3-7-17(14)18/h2-3,5,7,9-11,13,21-22H,4,6,8,12H2,1H3/t13-,18+/m1/s1. The van der Waals surface area contributed by atoms with Gasteiger partial charge in [0.15, 0.2) is 0 Å². The highest BCUT2D eigenvalue weighted by atomic mass is 19.1. The SMILES string of the molecule is C[C@@H](NC[C@@]1(O)CCCc2ccccc21)c1cncc(F)c1. The van der Waals surface area contributed by atoms with E-state index in [1.165, 1.54) is 17.8 Å². The molecular formula is C18H21FN2O. The largest absolute Gasteiger partial charge is 0.384 e. The Balaban J connectivity index is 1.74. The molecule has 1 aliphatic rings. The number of aromatic nitrogens is 1. The fraction of sp³-hybridized carbons (Fsp3) is 0.389. The smallest absolute Gasteiger partial charge is 0.141 e. The van der Waals surface area contributed by atoms with Gasteiger partial charge in [-0.05, 0) is 48.9 Å². The normalized spacial score (nSPS) is 22.1. The molecule has 0 spiro atoms. The molecule has 1 aliphatic carbocycles. The van der Waals surface area contributed by atoms with Crippen molar-refractivity contribution in [2.24, 2.45) is 0 Å². The number of fused-ring (bicyclic) bond motifs is 1. The Bertz CT molecular complexity index is 661. The third-order valence-corrected chi connectivity index (χ3v) is 4.48. The number of rotatable bonds is 4. The summed E-state index contributed by atoms with van der Waals surface area (Å²) in [7, 11) is 0. The van der Waals surface area contributed by atoms with Gasteiger partial charge >= 0.3 is 0 Å². The van der Waals surface area contributed by atoms with Crippen molar-refractivity contribution in [3.05, 3.63) is 65.2 Å². The first-order valence-electron chi connectivity index (χ1n) is 7.73. The molecule has 0 saturated carbocycles. The molecule has 3 rings (SSSR count). The van der Waals surface area contributed by atoms with Crippen molar-refractivity contribution in [2.45, 2.75) is 37.8 Å². The molecule has 3 nitrogen and oxygen atoms in total. The molecule has 22 heavy (non-hydrogen) atoms. The molecule has 116 valence electrons. The lowest BCUT2D eigenvalue weighted by Crippen LogP contribution is -2.41. The molecule has 0 aliphatic heterocycles. The average molecular weight is 300 g/mol. The number of hydrogen-bond donors (Lipinski definition) is 2. The van der Waals surface area contributed by atoms with E-state index < -0.39 is 5.60 Å².